The summed E-state index contributed by atoms with van der Waals surface area (Å²) in [5, 5.41) is 40.7. The van der Waals surface area contributed by atoms with Crippen LogP contribution in [0, 0.1) is 20.8 Å². The monoisotopic (exact) mass is 224 g/mol. The zero-order chi connectivity index (χ0) is 12.0. The molecule has 2 aromatic rings. The van der Waals surface area contributed by atoms with E-state index < -0.39 is 0 Å². The molecule has 0 bridgehead atoms. The van der Waals surface area contributed by atoms with Gasteiger partial charge in [0.05, 0.1) is 0 Å². The van der Waals surface area contributed by atoms with Gasteiger partial charge in [-0.3, -0.25) is 0 Å². The Morgan fingerprint density at radius 3 is 0.625 bits per heavy atom. The quantitative estimate of drug-likeness (QED) is 0.377. The van der Waals surface area contributed by atoms with Crippen molar-refractivity contribution in [2.75, 3.05) is 0 Å². The minimum Gasteiger partial charge on any atom is -0.618 e. The van der Waals surface area contributed by atoms with E-state index in [0.29, 0.717) is 18.9 Å². The molecule has 0 amide bonds. The minimum atomic E-state index is 0.550. The van der Waals surface area contributed by atoms with Crippen molar-refractivity contribution in [2.45, 2.75) is 0 Å². The number of hydrogen-bond donors (Lipinski definition) is 0. The number of aromatic nitrogens is 4. The van der Waals surface area contributed by atoms with Crippen LogP contribution in [0.3, 0.4) is 0 Å². The van der Waals surface area contributed by atoms with Gasteiger partial charge in [-0.25, -0.2) is 0 Å². The largest absolute Gasteiger partial charge is 0.618 e. The molecule has 0 saturated heterocycles. The van der Waals surface area contributed by atoms with E-state index in [2.05, 4.69) is 0 Å². The second kappa shape index (κ2) is 5.29. The normalized spacial score (nSPS) is 9.00. The number of rotatable bonds is 0. The number of nitrogens with zero attached hydrogens (tertiary/aromatic N) is 4. The maximum Gasteiger partial charge on any atom is 0.245 e. The van der Waals surface area contributed by atoms with Gasteiger partial charge in [-0.1, -0.05) is 0 Å². The summed E-state index contributed by atoms with van der Waals surface area (Å²) < 4.78 is 2.20. The Hall–Kier alpha value is -2.64. The van der Waals surface area contributed by atoms with Gasteiger partial charge in [0.15, 0.2) is 0 Å². The molecule has 0 aromatic carbocycles. The van der Waals surface area contributed by atoms with Crippen molar-refractivity contribution >= 4 is 0 Å². The predicted molar refractivity (Wildman–Crippen MR) is 48.7 cm³/mol. The van der Waals surface area contributed by atoms with Crippen molar-refractivity contribution in [3.05, 3.63) is 70.4 Å². The molecule has 0 radical (unpaired) electrons. The highest BCUT2D eigenvalue weighted by Crippen LogP contribution is 1.62. The maximum absolute atomic E-state index is 10.2. The maximum atomic E-state index is 10.2. The van der Waals surface area contributed by atoms with Crippen molar-refractivity contribution < 1.29 is 18.9 Å². The lowest BCUT2D eigenvalue weighted by Gasteiger charge is -1.92. The fourth-order valence-electron chi connectivity index (χ4n) is 0.724. The molecular weight excluding hydrogens is 216 g/mol. The van der Waals surface area contributed by atoms with Crippen LogP contribution in [0.25, 0.3) is 0 Å². The van der Waals surface area contributed by atoms with E-state index in [4.69, 9.17) is 0 Å². The molecule has 0 atom stereocenters. The Morgan fingerprint density at radius 2 is 0.500 bits per heavy atom. The molecule has 0 spiro atoms. The Morgan fingerprint density at radius 1 is 0.375 bits per heavy atom. The predicted octanol–water partition coefficient (Wildman–Crippen LogP) is -2.09. The van der Waals surface area contributed by atoms with Crippen LogP contribution in [0.1, 0.15) is 0 Å². The molecule has 0 aliphatic rings. The van der Waals surface area contributed by atoms with Gasteiger partial charge in [0.2, 0.25) is 49.6 Å². The van der Waals surface area contributed by atoms with Crippen LogP contribution < -0.4 is 18.9 Å². The average Bonchev–Trinajstić information content (AvgIpc) is 2.28. The standard InChI is InChI=1S/2C4H4N2O2/c2*7-5-1-2-6(8)4-3-5/h2*1-4H. The first-order valence-corrected chi connectivity index (χ1v) is 4.13. The van der Waals surface area contributed by atoms with Gasteiger partial charge in [-0.15, -0.1) is 0 Å². The molecule has 0 N–H and O–H groups in total. The highest BCUT2D eigenvalue weighted by atomic mass is 16.5. The third kappa shape index (κ3) is 4.05. The van der Waals surface area contributed by atoms with E-state index >= 15 is 0 Å². The minimum absolute atomic E-state index is 0.550. The summed E-state index contributed by atoms with van der Waals surface area (Å²) in [6, 6.07) is 0. The molecule has 2 rings (SSSR count). The van der Waals surface area contributed by atoms with Crippen molar-refractivity contribution in [1.29, 1.82) is 0 Å². The van der Waals surface area contributed by atoms with E-state index in [-0.39, 0.29) is 0 Å². The second-order valence-corrected chi connectivity index (χ2v) is 2.63. The smallest absolute Gasteiger partial charge is 0.245 e. The summed E-state index contributed by atoms with van der Waals surface area (Å²) in [4.78, 5) is 0. The molecule has 84 valence electrons. The lowest BCUT2D eigenvalue weighted by Crippen LogP contribution is -2.33. The van der Waals surface area contributed by atoms with Gasteiger partial charge in [0.1, 0.15) is 0 Å². The summed E-state index contributed by atoms with van der Waals surface area (Å²) in [6.45, 7) is 0. The molecule has 8 heteroatoms. The summed E-state index contributed by atoms with van der Waals surface area (Å²) >= 11 is 0. The van der Waals surface area contributed by atoms with Crippen molar-refractivity contribution in [3.63, 3.8) is 0 Å². The molecule has 2 heterocycles. The Labute approximate surface area is 90.2 Å². The van der Waals surface area contributed by atoms with Gasteiger partial charge in [-0.05, 0) is 0 Å². The summed E-state index contributed by atoms with van der Waals surface area (Å²) in [5.74, 6) is 0. The van der Waals surface area contributed by atoms with Crippen LogP contribution in [-0.4, -0.2) is 0 Å². The molecule has 16 heavy (non-hydrogen) atoms. The molecule has 0 saturated carbocycles. The van der Waals surface area contributed by atoms with Crippen LogP contribution in [0.5, 0.6) is 0 Å². The first-order chi connectivity index (χ1) is 7.58. The average molecular weight is 224 g/mol. The molecule has 0 aliphatic carbocycles. The zero-order valence-electron chi connectivity index (χ0n) is 8.04. The van der Waals surface area contributed by atoms with Crippen LogP contribution >= 0.6 is 0 Å². The lowest BCUT2D eigenvalue weighted by molar-refractivity contribution is -0.665. The number of hydrogen-bond acceptors (Lipinski definition) is 4. The molecule has 2 aromatic heterocycles. The van der Waals surface area contributed by atoms with E-state index in [1.807, 2.05) is 0 Å². The zero-order valence-corrected chi connectivity index (χ0v) is 8.04. The van der Waals surface area contributed by atoms with E-state index in [9.17, 15) is 20.8 Å². The topological polar surface area (TPSA) is 108 Å². The van der Waals surface area contributed by atoms with E-state index in [1.165, 1.54) is 0 Å². The lowest BCUT2D eigenvalue weighted by atomic mass is 10.8. The SMILES string of the molecule is [O-][n+]1cc[n+]([O-])cc1.[O-][n+]1cc[n+]([O-])cc1. The molecule has 0 unspecified atom stereocenters. The highest BCUT2D eigenvalue weighted by molar-refractivity contribution is 4.54. The summed E-state index contributed by atoms with van der Waals surface area (Å²) in [7, 11) is 0. The molecule has 0 fully saturated rings. The van der Waals surface area contributed by atoms with Gasteiger partial charge >= 0.3 is 0 Å². The van der Waals surface area contributed by atoms with E-state index in [1.54, 1.807) is 0 Å². The van der Waals surface area contributed by atoms with Gasteiger partial charge in [0, 0.05) is 0 Å². The van der Waals surface area contributed by atoms with Crippen LogP contribution in [0.15, 0.2) is 49.6 Å². The van der Waals surface area contributed by atoms with Crippen LogP contribution in [-0.2, 0) is 0 Å². The fraction of sp³-hybridized carbons (Fsp3) is 0. The Kier molecular flexibility index (Phi) is 3.78. The van der Waals surface area contributed by atoms with Gasteiger partial charge < -0.3 is 20.8 Å². The molecule has 0 aliphatic heterocycles. The van der Waals surface area contributed by atoms with Crippen LogP contribution in [0.2, 0.25) is 0 Å². The molecule has 8 nitrogen and oxygen atoms in total. The van der Waals surface area contributed by atoms with Crippen molar-refractivity contribution in [3.8, 4) is 0 Å². The van der Waals surface area contributed by atoms with Gasteiger partial charge in [0.25, 0.3) is 0 Å². The van der Waals surface area contributed by atoms with E-state index in [0.717, 1.165) is 49.6 Å². The third-order valence-electron chi connectivity index (χ3n) is 1.44. The Bertz CT molecular complexity index is 345. The highest BCUT2D eigenvalue weighted by Gasteiger charge is 1.89. The Balaban J connectivity index is 0.000000160. The third-order valence-corrected chi connectivity index (χ3v) is 1.44. The van der Waals surface area contributed by atoms with Gasteiger partial charge in [-0.2, -0.15) is 18.9 Å². The molecular formula is C8H8N4O4. The van der Waals surface area contributed by atoms with Crippen LogP contribution in [0.4, 0.5) is 0 Å². The first-order valence-electron chi connectivity index (χ1n) is 4.13. The van der Waals surface area contributed by atoms with Crippen molar-refractivity contribution in [1.82, 2.24) is 0 Å². The first kappa shape index (κ1) is 11.4. The van der Waals surface area contributed by atoms with Crippen molar-refractivity contribution in [2.24, 2.45) is 0 Å². The summed E-state index contributed by atoms with van der Waals surface area (Å²) in [5.41, 5.74) is 0. The fourth-order valence-corrected chi connectivity index (χ4v) is 0.724. The summed E-state index contributed by atoms with van der Waals surface area (Å²) in [6.07, 6.45) is 9.06. The second-order valence-electron chi connectivity index (χ2n) is 2.63.